The molecule has 1 N–H and O–H groups in total. The molecule has 1 fully saturated rings. The van der Waals surface area contributed by atoms with Crippen molar-refractivity contribution >= 4 is 11.6 Å². The Morgan fingerprint density at radius 1 is 1.65 bits per heavy atom. The van der Waals surface area contributed by atoms with Crippen LogP contribution >= 0.6 is 11.6 Å². The van der Waals surface area contributed by atoms with E-state index < -0.39 is 5.60 Å². The van der Waals surface area contributed by atoms with Crippen LogP contribution in [-0.4, -0.2) is 27.6 Å². The van der Waals surface area contributed by atoms with Gasteiger partial charge in [-0.1, -0.05) is 18.5 Å². The first-order valence-electron chi connectivity index (χ1n) is 6.16. The predicted octanol–water partition coefficient (Wildman–Crippen LogP) is 2.33. The third-order valence-corrected chi connectivity index (χ3v) is 3.70. The van der Waals surface area contributed by atoms with Crippen LogP contribution in [0, 0.1) is 0 Å². The number of rotatable bonds is 3. The summed E-state index contributed by atoms with van der Waals surface area (Å²) in [6.45, 7) is 5.34. The number of hydrogen-bond acceptors (Lipinski definition) is 3. The van der Waals surface area contributed by atoms with E-state index in [4.69, 9.17) is 16.3 Å². The highest BCUT2D eigenvalue weighted by Gasteiger charge is 2.40. The normalized spacial score (nSPS) is 29.5. The maximum atomic E-state index is 10.8. The van der Waals surface area contributed by atoms with Crippen LogP contribution in [0.4, 0.5) is 0 Å². The Bertz CT molecular complexity index is 394. The number of ether oxygens (including phenoxy) is 1. The van der Waals surface area contributed by atoms with Gasteiger partial charge in [0.15, 0.2) is 0 Å². The summed E-state index contributed by atoms with van der Waals surface area (Å²) in [5.41, 5.74) is -0.161. The maximum Gasteiger partial charge on any atom is 0.112 e. The molecule has 1 aromatic heterocycles. The minimum absolute atomic E-state index is 0.102. The molecule has 0 radical (unpaired) electrons. The summed E-state index contributed by atoms with van der Waals surface area (Å²) >= 11 is 6.15. The number of aliphatic hydroxyl groups is 1. The number of halogens is 1. The summed E-state index contributed by atoms with van der Waals surface area (Å²) in [6.07, 6.45) is 3.78. The lowest BCUT2D eigenvalue weighted by atomic mass is 9.86. The van der Waals surface area contributed by atoms with Gasteiger partial charge in [-0.3, -0.25) is 4.68 Å². The Morgan fingerprint density at radius 3 is 3.06 bits per heavy atom. The molecule has 0 amide bonds. The van der Waals surface area contributed by atoms with Crippen molar-refractivity contribution < 1.29 is 9.84 Å². The summed E-state index contributed by atoms with van der Waals surface area (Å²) in [6, 6.07) is 0. The van der Waals surface area contributed by atoms with Gasteiger partial charge in [-0.05, 0) is 13.3 Å². The third kappa shape index (κ3) is 2.34. The van der Waals surface area contributed by atoms with E-state index in [1.165, 1.54) is 0 Å². The van der Waals surface area contributed by atoms with Crippen molar-refractivity contribution in [3.05, 3.63) is 16.9 Å². The van der Waals surface area contributed by atoms with E-state index in [2.05, 4.69) is 12.0 Å². The predicted molar refractivity (Wildman–Crippen MR) is 66.1 cm³/mol. The Kier molecular flexibility index (Phi) is 3.76. The number of hydrogen-bond donors (Lipinski definition) is 1. The van der Waals surface area contributed by atoms with Crippen molar-refractivity contribution in [3.63, 3.8) is 0 Å². The summed E-state index contributed by atoms with van der Waals surface area (Å²) in [4.78, 5) is 0. The highest BCUT2D eigenvalue weighted by molar-refractivity contribution is 6.31. The largest absolute Gasteiger partial charge is 0.383 e. The molecule has 1 aliphatic heterocycles. The van der Waals surface area contributed by atoms with Crippen LogP contribution in [0.15, 0.2) is 6.20 Å². The topological polar surface area (TPSA) is 47.3 Å². The molecule has 0 aliphatic carbocycles. The number of aryl methyl sites for hydroxylation is 1. The average molecular weight is 259 g/mol. The van der Waals surface area contributed by atoms with Crippen LogP contribution in [0.2, 0.25) is 5.02 Å². The molecule has 0 spiro atoms. The second-order valence-electron chi connectivity index (χ2n) is 4.54. The first-order valence-corrected chi connectivity index (χ1v) is 6.54. The van der Waals surface area contributed by atoms with Crippen molar-refractivity contribution in [2.45, 2.75) is 51.4 Å². The Morgan fingerprint density at radius 2 is 2.41 bits per heavy atom. The zero-order valence-electron chi connectivity index (χ0n) is 10.3. The molecule has 2 unspecified atom stereocenters. The van der Waals surface area contributed by atoms with Crippen molar-refractivity contribution in [2.75, 3.05) is 6.61 Å². The van der Waals surface area contributed by atoms with Gasteiger partial charge in [0.1, 0.15) is 5.60 Å². The zero-order chi connectivity index (χ0) is 12.5. The van der Waals surface area contributed by atoms with E-state index in [-0.39, 0.29) is 6.10 Å². The van der Waals surface area contributed by atoms with E-state index in [0.29, 0.717) is 31.0 Å². The van der Waals surface area contributed by atoms with E-state index in [1.54, 1.807) is 10.9 Å². The monoisotopic (exact) mass is 258 g/mol. The van der Waals surface area contributed by atoms with Crippen LogP contribution in [0.1, 0.15) is 38.8 Å². The van der Waals surface area contributed by atoms with Crippen LogP contribution in [-0.2, 0) is 16.9 Å². The molecule has 2 atom stereocenters. The molecule has 0 aromatic carbocycles. The van der Waals surface area contributed by atoms with Gasteiger partial charge >= 0.3 is 0 Å². The lowest BCUT2D eigenvalue weighted by Gasteiger charge is -2.37. The SMILES string of the molecule is CCC1CC(O)(c2c(Cl)cnn2CC)CCO1. The fourth-order valence-electron chi connectivity index (χ4n) is 2.47. The fourth-order valence-corrected chi connectivity index (χ4v) is 2.79. The summed E-state index contributed by atoms with van der Waals surface area (Å²) in [5, 5.41) is 15.5. The van der Waals surface area contributed by atoms with Gasteiger partial charge in [-0.2, -0.15) is 5.10 Å². The zero-order valence-corrected chi connectivity index (χ0v) is 11.1. The first kappa shape index (κ1) is 12.9. The lowest BCUT2D eigenvalue weighted by molar-refractivity contribution is -0.112. The minimum Gasteiger partial charge on any atom is -0.383 e. The molecule has 5 heteroatoms. The number of nitrogens with zero attached hydrogens (tertiary/aromatic N) is 2. The van der Waals surface area contributed by atoms with Gasteiger partial charge in [0.25, 0.3) is 0 Å². The van der Waals surface area contributed by atoms with Gasteiger partial charge in [0.2, 0.25) is 0 Å². The molecule has 17 heavy (non-hydrogen) atoms. The summed E-state index contributed by atoms with van der Waals surface area (Å²) in [5.74, 6) is 0. The molecule has 4 nitrogen and oxygen atoms in total. The molecular weight excluding hydrogens is 240 g/mol. The van der Waals surface area contributed by atoms with Crippen LogP contribution < -0.4 is 0 Å². The molecule has 1 aromatic rings. The molecule has 96 valence electrons. The fraction of sp³-hybridized carbons (Fsp3) is 0.750. The maximum absolute atomic E-state index is 10.8. The first-order chi connectivity index (χ1) is 8.10. The molecule has 2 rings (SSSR count). The van der Waals surface area contributed by atoms with Crippen molar-refractivity contribution in [3.8, 4) is 0 Å². The number of aromatic nitrogens is 2. The smallest absolute Gasteiger partial charge is 0.112 e. The average Bonchev–Trinajstić information content (AvgIpc) is 2.71. The molecule has 1 saturated heterocycles. The minimum atomic E-state index is -0.900. The van der Waals surface area contributed by atoms with Crippen LogP contribution in [0.5, 0.6) is 0 Å². The molecule has 1 aliphatic rings. The molecule has 0 bridgehead atoms. The van der Waals surface area contributed by atoms with E-state index in [0.717, 1.165) is 12.1 Å². The van der Waals surface area contributed by atoms with Gasteiger partial charge in [0.05, 0.1) is 29.6 Å². The van der Waals surface area contributed by atoms with Crippen LogP contribution in [0.3, 0.4) is 0 Å². The Balaban J connectivity index is 2.33. The molecule has 2 heterocycles. The summed E-state index contributed by atoms with van der Waals surface area (Å²) in [7, 11) is 0. The molecule has 0 saturated carbocycles. The standard InChI is InChI=1S/C12H19ClN2O2/c1-3-9-7-12(16,5-6-17-9)11-10(13)8-14-15(11)4-2/h8-9,16H,3-7H2,1-2H3. The second kappa shape index (κ2) is 4.96. The highest BCUT2D eigenvalue weighted by Crippen LogP contribution is 2.38. The van der Waals surface area contributed by atoms with E-state index in [9.17, 15) is 5.11 Å². The highest BCUT2D eigenvalue weighted by atomic mass is 35.5. The van der Waals surface area contributed by atoms with E-state index >= 15 is 0 Å². The van der Waals surface area contributed by atoms with Gasteiger partial charge in [-0.15, -0.1) is 0 Å². The van der Waals surface area contributed by atoms with Crippen molar-refractivity contribution in [1.82, 2.24) is 9.78 Å². The van der Waals surface area contributed by atoms with Crippen molar-refractivity contribution in [2.24, 2.45) is 0 Å². The second-order valence-corrected chi connectivity index (χ2v) is 4.95. The van der Waals surface area contributed by atoms with Gasteiger partial charge in [-0.25, -0.2) is 0 Å². The third-order valence-electron chi connectivity index (χ3n) is 3.43. The van der Waals surface area contributed by atoms with Crippen LogP contribution in [0.25, 0.3) is 0 Å². The van der Waals surface area contributed by atoms with Gasteiger partial charge < -0.3 is 9.84 Å². The lowest BCUT2D eigenvalue weighted by Crippen LogP contribution is -2.40. The van der Waals surface area contributed by atoms with Gasteiger partial charge in [0, 0.05) is 19.4 Å². The van der Waals surface area contributed by atoms with Crippen molar-refractivity contribution in [1.29, 1.82) is 0 Å². The van der Waals surface area contributed by atoms with E-state index in [1.807, 2.05) is 6.92 Å². The quantitative estimate of drug-likeness (QED) is 0.905. The molecular formula is C12H19ClN2O2. The summed E-state index contributed by atoms with van der Waals surface area (Å²) < 4.78 is 7.38. The Labute approximate surface area is 107 Å². The Hall–Kier alpha value is -0.580.